The van der Waals surface area contributed by atoms with E-state index in [9.17, 15) is 32.3 Å². The lowest BCUT2D eigenvalue weighted by molar-refractivity contribution is -0.169. The highest BCUT2D eigenvalue weighted by Gasteiger charge is 2.60. The second kappa shape index (κ2) is 17.3. The standard InChI is InChI=1S/C43H48F3N5O5/c44-43(45,46)34-16-10-13-32(27-34)28-47-39(52)38(40(53)49-25-20-31(21-26-49)19-24-48-22-8-3-9-23-48)50-35(18-17-30-11-4-1-5-12-30)37(41(50)54)51-36(29-56-42(51)55)33-14-6-2-7-15-33/h1-2,4-7,10-18,27,31,35-38H,3,8-9,19-26,28-29H2,(H,47,52)/b18-17+/t35-,36+,37+,38?/m1/s1. The Labute approximate surface area is 325 Å². The van der Waals surface area contributed by atoms with E-state index in [-0.39, 0.29) is 18.7 Å². The predicted molar refractivity (Wildman–Crippen MR) is 204 cm³/mol. The van der Waals surface area contributed by atoms with Gasteiger partial charge in [0.15, 0.2) is 6.04 Å². The fourth-order valence-electron chi connectivity index (χ4n) is 8.41. The van der Waals surface area contributed by atoms with Crippen LogP contribution >= 0.6 is 0 Å². The van der Waals surface area contributed by atoms with Crippen LogP contribution in [0.15, 0.2) is 91.0 Å². The number of hydrogen-bond donors (Lipinski definition) is 1. The molecular formula is C43H48F3N5O5. The summed E-state index contributed by atoms with van der Waals surface area (Å²) in [5, 5.41) is 2.67. The number of ether oxygens (including phenoxy) is 1. The van der Waals surface area contributed by atoms with Crippen LogP contribution in [-0.2, 0) is 31.8 Å². The van der Waals surface area contributed by atoms with Crippen LogP contribution < -0.4 is 5.32 Å². The van der Waals surface area contributed by atoms with E-state index in [1.807, 2.05) is 60.7 Å². The summed E-state index contributed by atoms with van der Waals surface area (Å²) in [6, 6.07) is 18.9. The predicted octanol–water partition coefficient (Wildman–Crippen LogP) is 6.29. The number of rotatable bonds is 12. The molecule has 1 N–H and O–H groups in total. The summed E-state index contributed by atoms with van der Waals surface area (Å²) in [5.41, 5.74) is 0.896. The summed E-state index contributed by atoms with van der Waals surface area (Å²) in [6.45, 7) is 3.78. The second-order valence-corrected chi connectivity index (χ2v) is 15.1. The molecule has 0 spiro atoms. The fourth-order valence-corrected chi connectivity index (χ4v) is 8.41. The van der Waals surface area contributed by atoms with Gasteiger partial charge in [-0.05, 0) is 86.5 Å². The SMILES string of the molecule is O=C(NCc1cccc(C(F)(F)F)c1)C(C(=O)N1CCC(CCN2CCCCC2)CC1)N1C(=O)[C@@H](N2C(=O)OC[C@H]2c2ccccc2)[C@H]1/C=C/c1ccccc1. The molecule has 13 heteroatoms. The Morgan fingerprint density at radius 2 is 1.57 bits per heavy atom. The molecule has 4 aliphatic heterocycles. The average molecular weight is 772 g/mol. The van der Waals surface area contributed by atoms with Gasteiger partial charge in [-0.15, -0.1) is 0 Å². The van der Waals surface area contributed by atoms with Crippen LogP contribution in [0.2, 0.25) is 0 Å². The summed E-state index contributed by atoms with van der Waals surface area (Å²) < 4.78 is 46.0. The van der Waals surface area contributed by atoms with Crippen molar-refractivity contribution < 1.29 is 37.1 Å². The molecule has 3 aromatic carbocycles. The molecule has 0 saturated carbocycles. The molecule has 1 unspecified atom stereocenters. The number of halogens is 3. The maximum absolute atomic E-state index is 14.6. The lowest BCUT2D eigenvalue weighted by Gasteiger charge is -2.52. The Bertz CT molecular complexity index is 1880. The van der Waals surface area contributed by atoms with E-state index < -0.39 is 59.7 Å². The Morgan fingerprint density at radius 3 is 2.27 bits per heavy atom. The lowest BCUT2D eigenvalue weighted by atomic mass is 9.87. The first-order chi connectivity index (χ1) is 27.1. The topological polar surface area (TPSA) is 103 Å². The molecule has 0 aliphatic carbocycles. The zero-order valence-corrected chi connectivity index (χ0v) is 31.3. The van der Waals surface area contributed by atoms with Crippen molar-refractivity contribution in [2.24, 2.45) is 5.92 Å². The van der Waals surface area contributed by atoms with Gasteiger partial charge in [0, 0.05) is 19.6 Å². The van der Waals surface area contributed by atoms with E-state index >= 15 is 0 Å². The molecule has 0 aromatic heterocycles. The van der Waals surface area contributed by atoms with Crippen LogP contribution in [0.1, 0.15) is 66.8 Å². The summed E-state index contributed by atoms with van der Waals surface area (Å²) in [5.74, 6) is -1.55. The van der Waals surface area contributed by atoms with E-state index in [1.165, 1.54) is 41.2 Å². The number of piperidine rings is 2. The largest absolute Gasteiger partial charge is 0.447 e. The van der Waals surface area contributed by atoms with Crippen molar-refractivity contribution in [3.63, 3.8) is 0 Å². The van der Waals surface area contributed by atoms with Crippen LogP contribution in [0, 0.1) is 5.92 Å². The first-order valence-corrected chi connectivity index (χ1v) is 19.6. The van der Waals surface area contributed by atoms with Gasteiger partial charge in [-0.1, -0.05) is 91.4 Å². The smallest absolute Gasteiger partial charge is 0.416 e. The van der Waals surface area contributed by atoms with Crippen LogP contribution in [-0.4, -0.2) is 101 Å². The highest BCUT2D eigenvalue weighted by molar-refractivity contribution is 6.09. The Kier molecular flexibility index (Phi) is 12.1. The number of nitrogens with one attached hydrogen (secondary N) is 1. The number of alkyl halides is 3. The van der Waals surface area contributed by atoms with Gasteiger partial charge < -0.3 is 24.8 Å². The molecule has 4 amide bonds. The van der Waals surface area contributed by atoms with Crippen molar-refractivity contribution in [3.05, 3.63) is 113 Å². The monoisotopic (exact) mass is 771 g/mol. The van der Waals surface area contributed by atoms with Crippen molar-refractivity contribution >= 4 is 29.9 Å². The quantitative estimate of drug-likeness (QED) is 0.172. The van der Waals surface area contributed by atoms with Gasteiger partial charge in [0.05, 0.1) is 17.6 Å². The third-order valence-corrected chi connectivity index (χ3v) is 11.5. The molecule has 10 nitrogen and oxygen atoms in total. The molecule has 7 rings (SSSR count). The minimum absolute atomic E-state index is 0.0221. The molecule has 3 aromatic rings. The minimum atomic E-state index is -4.58. The van der Waals surface area contributed by atoms with Crippen molar-refractivity contribution in [2.45, 2.75) is 75.4 Å². The molecule has 56 heavy (non-hydrogen) atoms. The first kappa shape index (κ1) is 39.1. The Morgan fingerprint density at radius 1 is 0.875 bits per heavy atom. The van der Waals surface area contributed by atoms with Crippen molar-refractivity contribution in [1.29, 1.82) is 0 Å². The zero-order valence-electron chi connectivity index (χ0n) is 31.3. The van der Waals surface area contributed by atoms with Crippen LogP contribution in [0.25, 0.3) is 6.08 Å². The van der Waals surface area contributed by atoms with Crippen molar-refractivity contribution in [2.75, 3.05) is 39.3 Å². The maximum Gasteiger partial charge on any atom is 0.416 e. The minimum Gasteiger partial charge on any atom is -0.447 e. The van der Waals surface area contributed by atoms with Crippen molar-refractivity contribution in [1.82, 2.24) is 24.9 Å². The molecule has 0 bridgehead atoms. The highest BCUT2D eigenvalue weighted by Crippen LogP contribution is 2.39. The molecular weight excluding hydrogens is 723 g/mol. The molecule has 4 aliphatic rings. The van der Waals surface area contributed by atoms with E-state index in [1.54, 1.807) is 17.1 Å². The van der Waals surface area contributed by atoms with E-state index in [0.29, 0.717) is 19.0 Å². The van der Waals surface area contributed by atoms with Crippen molar-refractivity contribution in [3.8, 4) is 0 Å². The first-order valence-electron chi connectivity index (χ1n) is 19.6. The van der Waals surface area contributed by atoms with Gasteiger partial charge in [-0.3, -0.25) is 19.3 Å². The van der Waals surface area contributed by atoms with Crippen LogP contribution in [0.4, 0.5) is 18.0 Å². The Balaban J connectivity index is 1.16. The third kappa shape index (κ3) is 8.77. The summed E-state index contributed by atoms with van der Waals surface area (Å²) in [4.78, 5) is 63.5. The van der Waals surface area contributed by atoms with Crippen LogP contribution in [0.5, 0.6) is 0 Å². The van der Waals surface area contributed by atoms with E-state index in [2.05, 4.69) is 10.2 Å². The zero-order chi connectivity index (χ0) is 39.2. The normalized spacial score (nSPS) is 22.9. The van der Waals surface area contributed by atoms with Crippen LogP contribution in [0.3, 0.4) is 0 Å². The number of cyclic esters (lactones) is 1. The number of amides is 4. The Hall–Kier alpha value is -5.17. The number of carbonyl (C=O) groups is 4. The van der Waals surface area contributed by atoms with Gasteiger partial charge in [0.2, 0.25) is 5.91 Å². The highest BCUT2D eigenvalue weighted by atomic mass is 19.4. The molecule has 4 fully saturated rings. The number of likely N-dealkylation sites (tertiary alicyclic amines) is 3. The summed E-state index contributed by atoms with van der Waals surface area (Å²) in [6.07, 6.45) is 4.48. The number of nitrogens with zero attached hydrogens (tertiary/aromatic N) is 4. The second-order valence-electron chi connectivity index (χ2n) is 15.1. The number of benzene rings is 3. The fraction of sp³-hybridized carbons (Fsp3) is 0.442. The van der Waals surface area contributed by atoms with Gasteiger partial charge in [0.1, 0.15) is 12.6 Å². The summed E-state index contributed by atoms with van der Waals surface area (Å²) in [7, 11) is 0. The lowest BCUT2D eigenvalue weighted by Crippen LogP contribution is -2.76. The molecule has 4 heterocycles. The molecule has 4 atom stereocenters. The number of β-lactam (4-membered cyclic amide) rings is 1. The molecule has 0 radical (unpaired) electrons. The van der Waals surface area contributed by atoms with Gasteiger partial charge in [-0.25, -0.2) is 4.79 Å². The molecule has 4 saturated heterocycles. The average Bonchev–Trinajstić information content (AvgIpc) is 3.60. The van der Waals surface area contributed by atoms with Gasteiger partial charge in [0.25, 0.3) is 11.8 Å². The molecule has 296 valence electrons. The van der Waals surface area contributed by atoms with E-state index in [0.717, 1.165) is 62.2 Å². The third-order valence-electron chi connectivity index (χ3n) is 11.5. The van der Waals surface area contributed by atoms with Gasteiger partial charge >= 0.3 is 12.3 Å². The number of carbonyl (C=O) groups excluding carboxylic acids is 4. The number of hydrogen-bond acceptors (Lipinski definition) is 6. The maximum atomic E-state index is 14.6. The van der Waals surface area contributed by atoms with E-state index in [4.69, 9.17) is 4.74 Å². The van der Waals surface area contributed by atoms with Gasteiger partial charge in [-0.2, -0.15) is 13.2 Å². The summed E-state index contributed by atoms with van der Waals surface area (Å²) >= 11 is 0.